The van der Waals surface area contributed by atoms with Gasteiger partial charge in [-0.2, -0.15) is 0 Å². The molecule has 1 heteroatoms. The number of allylic oxidation sites excluding steroid dienone is 1. The average molecular weight is 222 g/mol. The summed E-state index contributed by atoms with van der Waals surface area (Å²) in [7, 11) is 0. The van der Waals surface area contributed by atoms with Crippen molar-refractivity contribution in [3.8, 4) is 0 Å². The molecule has 0 aliphatic rings. The Balaban J connectivity index is 2.09. The minimum Gasteiger partial charge on any atom is -0.508 e. The lowest BCUT2D eigenvalue weighted by Gasteiger charge is -1.94. The van der Waals surface area contributed by atoms with Gasteiger partial charge < -0.3 is 5.11 Å². The fourth-order valence-electron chi connectivity index (χ4n) is 1.51. The molecule has 0 aliphatic carbocycles. The van der Waals surface area contributed by atoms with Gasteiger partial charge in [0.15, 0.2) is 0 Å². The van der Waals surface area contributed by atoms with Gasteiger partial charge in [0.25, 0.3) is 0 Å². The number of aliphatic hydroxyl groups excluding tert-OH is 1. The number of rotatable bonds is 3. The van der Waals surface area contributed by atoms with Crippen LogP contribution >= 0.6 is 0 Å². The summed E-state index contributed by atoms with van der Waals surface area (Å²) < 4.78 is 0. The van der Waals surface area contributed by atoms with Gasteiger partial charge in [0.1, 0.15) is 5.76 Å². The van der Waals surface area contributed by atoms with Gasteiger partial charge in [0.2, 0.25) is 0 Å². The van der Waals surface area contributed by atoms with E-state index in [0.717, 1.165) is 11.1 Å². The van der Waals surface area contributed by atoms with Crippen LogP contribution in [0.4, 0.5) is 0 Å². The molecular weight excluding hydrogens is 208 g/mol. The van der Waals surface area contributed by atoms with Crippen LogP contribution < -0.4 is 0 Å². The number of aliphatic hydroxyl groups is 1. The molecule has 0 saturated heterocycles. The van der Waals surface area contributed by atoms with E-state index in [1.165, 1.54) is 0 Å². The van der Waals surface area contributed by atoms with E-state index in [1.54, 1.807) is 12.2 Å². The first-order valence-corrected chi connectivity index (χ1v) is 5.53. The normalized spacial score (nSPS) is 11.9. The first-order chi connectivity index (χ1) is 8.34. The first-order valence-electron chi connectivity index (χ1n) is 5.53. The summed E-state index contributed by atoms with van der Waals surface area (Å²) in [5.41, 5.74) is 2.06. The second kappa shape index (κ2) is 5.71. The second-order valence-electron chi connectivity index (χ2n) is 3.72. The van der Waals surface area contributed by atoms with E-state index in [9.17, 15) is 5.11 Å². The van der Waals surface area contributed by atoms with Crippen molar-refractivity contribution in [2.24, 2.45) is 0 Å². The van der Waals surface area contributed by atoms with Crippen molar-refractivity contribution in [3.63, 3.8) is 0 Å². The highest BCUT2D eigenvalue weighted by molar-refractivity contribution is 5.59. The van der Waals surface area contributed by atoms with Gasteiger partial charge in [0.05, 0.1) is 0 Å². The van der Waals surface area contributed by atoms with Crippen LogP contribution in [0.5, 0.6) is 0 Å². The Morgan fingerprint density at radius 1 is 0.765 bits per heavy atom. The lowest BCUT2D eigenvalue weighted by molar-refractivity contribution is 0.438. The molecule has 0 heterocycles. The Kier molecular flexibility index (Phi) is 3.77. The van der Waals surface area contributed by atoms with Crippen molar-refractivity contribution in [2.45, 2.75) is 0 Å². The maximum atomic E-state index is 9.74. The van der Waals surface area contributed by atoms with Crippen molar-refractivity contribution < 1.29 is 5.11 Å². The van der Waals surface area contributed by atoms with Gasteiger partial charge in [-0.15, -0.1) is 0 Å². The molecule has 0 spiro atoms. The highest BCUT2D eigenvalue weighted by atomic mass is 16.3. The number of hydrogen-bond donors (Lipinski definition) is 1. The average Bonchev–Trinajstić information content (AvgIpc) is 2.39. The third-order valence-corrected chi connectivity index (χ3v) is 2.36. The van der Waals surface area contributed by atoms with E-state index < -0.39 is 0 Å². The quantitative estimate of drug-likeness (QED) is 0.606. The predicted octanol–water partition coefficient (Wildman–Crippen LogP) is 4.30. The molecule has 0 fully saturated rings. The van der Waals surface area contributed by atoms with Crippen molar-refractivity contribution in [1.82, 2.24) is 0 Å². The molecular formula is C16H14O. The number of hydrogen-bond acceptors (Lipinski definition) is 1. The van der Waals surface area contributed by atoms with E-state index in [-0.39, 0.29) is 5.76 Å². The van der Waals surface area contributed by atoms with Gasteiger partial charge in [-0.25, -0.2) is 0 Å². The van der Waals surface area contributed by atoms with Crippen LogP contribution in [0, 0.1) is 0 Å². The lowest BCUT2D eigenvalue weighted by atomic mass is 10.1. The standard InChI is InChI=1S/C16H14O/c17-16(13-15-9-5-2-6-10-15)12-11-14-7-3-1-4-8-14/h1-13,17H/b12-11+,16-13-. The smallest absolute Gasteiger partial charge is 0.116 e. The van der Waals surface area contributed by atoms with E-state index in [0.29, 0.717) is 0 Å². The van der Waals surface area contributed by atoms with E-state index in [4.69, 9.17) is 0 Å². The summed E-state index contributed by atoms with van der Waals surface area (Å²) in [4.78, 5) is 0. The summed E-state index contributed by atoms with van der Waals surface area (Å²) in [6.07, 6.45) is 5.32. The molecule has 17 heavy (non-hydrogen) atoms. The van der Waals surface area contributed by atoms with Gasteiger partial charge in [-0.05, 0) is 23.3 Å². The zero-order valence-corrected chi connectivity index (χ0v) is 9.45. The molecule has 0 aromatic heterocycles. The van der Waals surface area contributed by atoms with Gasteiger partial charge in [-0.1, -0.05) is 66.7 Å². The highest BCUT2D eigenvalue weighted by Crippen LogP contribution is 2.08. The van der Waals surface area contributed by atoms with Crippen molar-refractivity contribution in [2.75, 3.05) is 0 Å². The second-order valence-corrected chi connectivity index (χ2v) is 3.72. The molecule has 0 unspecified atom stereocenters. The minimum absolute atomic E-state index is 0.250. The molecule has 0 amide bonds. The third-order valence-electron chi connectivity index (χ3n) is 2.36. The van der Waals surface area contributed by atoms with Crippen LogP contribution in [0.1, 0.15) is 11.1 Å². The lowest BCUT2D eigenvalue weighted by Crippen LogP contribution is -1.76. The van der Waals surface area contributed by atoms with E-state index >= 15 is 0 Å². The van der Waals surface area contributed by atoms with Crippen molar-refractivity contribution in [3.05, 3.63) is 83.6 Å². The van der Waals surface area contributed by atoms with Crippen LogP contribution in [0.2, 0.25) is 0 Å². The molecule has 2 aromatic carbocycles. The van der Waals surface area contributed by atoms with E-state index in [1.807, 2.05) is 66.7 Å². The Morgan fingerprint density at radius 3 is 1.88 bits per heavy atom. The molecule has 84 valence electrons. The fraction of sp³-hybridized carbons (Fsp3) is 0. The van der Waals surface area contributed by atoms with Crippen LogP contribution in [-0.4, -0.2) is 5.11 Å². The van der Waals surface area contributed by atoms with Crippen molar-refractivity contribution >= 4 is 12.2 Å². The fourth-order valence-corrected chi connectivity index (χ4v) is 1.51. The molecule has 1 N–H and O–H groups in total. The van der Waals surface area contributed by atoms with Gasteiger partial charge in [0, 0.05) is 0 Å². The summed E-state index contributed by atoms with van der Waals surface area (Å²) in [5.74, 6) is 0.250. The third kappa shape index (κ3) is 3.65. The Labute approximate surface area is 101 Å². The molecule has 0 atom stereocenters. The summed E-state index contributed by atoms with van der Waals surface area (Å²) in [6, 6.07) is 19.6. The highest BCUT2D eigenvalue weighted by Gasteiger charge is 1.89. The largest absolute Gasteiger partial charge is 0.508 e. The summed E-state index contributed by atoms with van der Waals surface area (Å²) in [5, 5.41) is 9.74. The summed E-state index contributed by atoms with van der Waals surface area (Å²) in [6.45, 7) is 0. The van der Waals surface area contributed by atoms with Gasteiger partial charge >= 0.3 is 0 Å². The number of benzene rings is 2. The van der Waals surface area contributed by atoms with E-state index in [2.05, 4.69) is 0 Å². The maximum Gasteiger partial charge on any atom is 0.116 e. The first kappa shape index (κ1) is 11.2. The van der Waals surface area contributed by atoms with Crippen LogP contribution in [-0.2, 0) is 0 Å². The molecule has 2 aromatic rings. The summed E-state index contributed by atoms with van der Waals surface area (Å²) >= 11 is 0. The zero-order valence-electron chi connectivity index (χ0n) is 9.45. The Morgan fingerprint density at radius 2 is 1.29 bits per heavy atom. The molecule has 0 aliphatic heterocycles. The molecule has 1 nitrogen and oxygen atoms in total. The zero-order chi connectivity index (χ0) is 11.9. The molecule has 2 rings (SSSR count). The van der Waals surface area contributed by atoms with Crippen molar-refractivity contribution in [1.29, 1.82) is 0 Å². The molecule has 0 saturated carbocycles. The molecule has 0 radical (unpaired) electrons. The van der Waals surface area contributed by atoms with Crippen LogP contribution in [0.15, 0.2) is 72.5 Å². The Bertz CT molecular complexity index is 510. The maximum absolute atomic E-state index is 9.74. The molecule has 0 bridgehead atoms. The van der Waals surface area contributed by atoms with Gasteiger partial charge in [-0.3, -0.25) is 0 Å². The minimum atomic E-state index is 0.250. The predicted molar refractivity (Wildman–Crippen MR) is 72.5 cm³/mol. The monoisotopic (exact) mass is 222 g/mol. The SMILES string of the molecule is OC(=C\c1ccccc1)/C=C/c1ccccc1. The van der Waals surface area contributed by atoms with Crippen LogP contribution in [0.25, 0.3) is 12.2 Å². The Hall–Kier alpha value is -2.28. The van der Waals surface area contributed by atoms with Crippen LogP contribution in [0.3, 0.4) is 0 Å². The topological polar surface area (TPSA) is 20.2 Å².